The molecule has 0 bridgehead atoms. The van der Waals surface area contributed by atoms with Crippen LogP contribution in [0.25, 0.3) is 0 Å². The molecule has 0 saturated heterocycles. The van der Waals surface area contributed by atoms with Crippen molar-refractivity contribution in [2.24, 2.45) is 0 Å². The first-order chi connectivity index (χ1) is 7.65. The van der Waals surface area contributed by atoms with E-state index in [1.807, 2.05) is 0 Å². The maximum absolute atomic E-state index is 13.2. The van der Waals surface area contributed by atoms with E-state index in [-0.39, 0.29) is 18.6 Å². The zero-order valence-corrected chi connectivity index (χ0v) is 8.94. The van der Waals surface area contributed by atoms with Crippen LogP contribution in [0.15, 0.2) is 12.1 Å². The van der Waals surface area contributed by atoms with Crippen LogP contribution in [0.5, 0.6) is 0 Å². The smallest absolute Gasteiger partial charge is 0.132 e. The molecule has 1 aromatic rings. The Morgan fingerprint density at radius 1 is 0.875 bits per heavy atom. The molecule has 0 spiro atoms. The average Bonchev–Trinajstić information content (AvgIpc) is 2.20. The molecule has 0 fully saturated rings. The van der Waals surface area contributed by atoms with Crippen LogP contribution in [0.2, 0.25) is 0 Å². The largest absolute Gasteiger partial charge is 0.237 e. The molecule has 1 rings (SSSR count). The van der Waals surface area contributed by atoms with Gasteiger partial charge >= 0.3 is 0 Å². The Labute approximate surface area is 92.9 Å². The minimum absolute atomic E-state index is 0.0662. The van der Waals surface area contributed by atoms with Crippen molar-refractivity contribution in [1.29, 1.82) is 0 Å². The number of halogens is 3. The van der Waals surface area contributed by atoms with E-state index in [0.717, 1.165) is 12.8 Å². The molecule has 0 atom stereocenters. The summed E-state index contributed by atoms with van der Waals surface area (Å²) in [5.41, 5.74) is -0.0662. The minimum atomic E-state index is -0.898. The van der Waals surface area contributed by atoms with E-state index in [0.29, 0.717) is 25.0 Å². The lowest BCUT2D eigenvalue weighted by atomic mass is 10.0. The van der Waals surface area contributed by atoms with Crippen LogP contribution in [-0.4, -0.2) is 6.61 Å². The second-order valence-electron chi connectivity index (χ2n) is 3.72. The number of hydrogen-bond acceptors (Lipinski definition) is 0. The zero-order chi connectivity index (χ0) is 12.0. The molecule has 16 heavy (non-hydrogen) atoms. The van der Waals surface area contributed by atoms with Gasteiger partial charge in [0.1, 0.15) is 17.5 Å². The third kappa shape index (κ3) is 3.85. The van der Waals surface area contributed by atoms with Crippen LogP contribution >= 0.6 is 0 Å². The number of unbranched alkanes of at least 4 members (excludes halogenated alkanes) is 3. The van der Waals surface area contributed by atoms with Crippen molar-refractivity contribution >= 4 is 0 Å². The van der Waals surface area contributed by atoms with E-state index in [4.69, 9.17) is 0 Å². The van der Waals surface area contributed by atoms with Crippen molar-refractivity contribution < 1.29 is 18.3 Å². The molecule has 4 heteroatoms. The second-order valence-corrected chi connectivity index (χ2v) is 3.72. The summed E-state index contributed by atoms with van der Waals surface area (Å²) in [6.45, 7) is -0.112. The Morgan fingerprint density at radius 3 is 2.00 bits per heavy atom. The summed E-state index contributed by atoms with van der Waals surface area (Å²) in [6, 6.07) is 1.38. The molecule has 0 amide bonds. The summed E-state index contributed by atoms with van der Waals surface area (Å²) in [5, 5.41) is 10.1. The highest BCUT2D eigenvalue weighted by Crippen LogP contribution is 2.17. The lowest BCUT2D eigenvalue weighted by Crippen LogP contribution is -1.97. The summed E-state index contributed by atoms with van der Waals surface area (Å²) in [6.07, 6.45) is 2.98. The van der Waals surface area contributed by atoms with Crippen LogP contribution in [0.4, 0.5) is 13.2 Å². The van der Waals surface area contributed by atoms with Crippen molar-refractivity contribution in [3.63, 3.8) is 0 Å². The van der Waals surface area contributed by atoms with E-state index < -0.39 is 17.5 Å². The van der Waals surface area contributed by atoms with E-state index in [9.17, 15) is 18.3 Å². The number of hydrogen-bond donors (Lipinski definition) is 0. The topological polar surface area (TPSA) is 19.9 Å². The van der Waals surface area contributed by atoms with Gasteiger partial charge in [-0.05, 0) is 19.3 Å². The molecule has 1 aromatic carbocycles. The molecule has 1 radical (unpaired) electrons. The van der Waals surface area contributed by atoms with Gasteiger partial charge in [-0.25, -0.2) is 18.3 Å². The second kappa shape index (κ2) is 6.53. The van der Waals surface area contributed by atoms with E-state index in [1.54, 1.807) is 0 Å². The molecule has 0 heterocycles. The fourth-order valence-corrected chi connectivity index (χ4v) is 1.57. The molecule has 1 nitrogen and oxygen atoms in total. The highest BCUT2D eigenvalue weighted by molar-refractivity contribution is 5.20. The normalized spacial score (nSPS) is 10.8. The molecule has 0 aliphatic rings. The summed E-state index contributed by atoms with van der Waals surface area (Å²) in [4.78, 5) is 0. The quantitative estimate of drug-likeness (QED) is 0.666. The fourth-order valence-electron chi connectivity index (χ4n) is 1.57. The van der Waals surface area contributed by atoms with Gasteiger partial charge in [0.15, 0.2) is 0 Å². The lowest BCUT2D eigenvalue weighted by molar-refractivity contribution is 0.186. The van der Waals surface area contributed by atoms with Crippen LogP contribution in [-0.2, 0) is 11.5 Å². The third-order valence-corrected chi connectivity index (χ3v) is 2.43. The molecular formula is C12H14F3O. The first-order valence-corrected chi connectivity index (χ1v) is 5.36. The maximum atomic E-state index is 13.2. The fraction of sp³-hybridized carbons (Fsp3) is 0.500. The molecular weight excluding hydrogens is 217 g/mol. The van der Waals surface area contributed by atoms with E-state index in [2.05, 4.69) is 0 Å². The van der Waals surface area contributed by atoms with Gasteiger partial charge in [-0.2, -0.15) is 0 Å². The average molecular weight is 231 g/mol. The first-order valence-electron chi connectivity index (χ1n) is 5.36. The molecule has 89 valence electrons. The Hall–Kier alpha value is -1.03. The van der Waals surface area contributed by atoms with Crippen molar-refractivity contribution in [3.05, 3.63) is 35.1 Å². The van der Waals surface area contributed by atoms with Crippen LogP contribution in [0, 0.1) is 17.5 Å². The van der Waals surface area contributed by atoms with E-state index in [1.165, 1.54) is 0 Å². The monoisotopic (exact) mass is 231 g/mol. The highest BCUT2D eigenvalue weighted by Gasteiger charge is 2.10. The van der Waals surface area contributed by atoms with Gasteiger partial charge in [-0.1, -0.05) is 12.8 Å². The maximum Gasteiger partial charge on any atom is 0.132 e. The Bertz CT molecular complexity index is 316. The molecule has 0 N–H and O–H groups in total. The third-order valence-electron chi connectivity index (χ3n) is 2.43. The van der Waals surface area contributed by atoms with Gasteiger partial charge < -0.3 is 0 Å². The first kappa shape index (κ1) is 13.0. The van der Waals surface area contributed by atoms with Gasteiger partial charge in [0, 0.05) is 17.7 Å². The Kier molecular flexibility index (Phi) is 5.32. The summed E-state index contributed by atoms with van der Waals surface area (Å²) >= 11 is 0. The molecule has 0 aliphatic carbocycles. The molecule has 0 aliphatic heterocycles. The minimum Gasteiger partial charge on any atom is -0.237 e. The standard InChI is InChI=1S/C12H14F3O/c13-9-7-11(14)10(12(15)8-9)5-3-1-2-4-6-16/h7-8H,1-6H2. The Balaban J connectivity index is 2.47. The highest BCUT2D eigenvalue weighted by atomic mass is 19.1. The number of benzene rings is 1. The molecule has 0 saturated carbocycles. The lowest BCUT2D eigenvalue weighted by Gasteiger charge is -2.05. The van der Waals surface area contributed by atoms with Crippen molar-refractivity contribution in [1.82, 2.24) is 0 Å². The predicted octanol–water partition coefficient (Wildman–Crippen LogP) is 3.64. The summed E-state index contributed by atoms with van der Waals surface area (Å²) in [5.74, 6) is -2.56. The van der Waals surface area contributed by atoms with Crippen LogP contribution in [0.1, 0.15) is 31.2 Å². The number of rotatable bonds is 6. The van der Waals surface area contributed by atoms with Gasteiger partial charge in [-0.3, -0.25) is 0 Å². The Morgan fingerprint density at radius 2 is 1.44 bits per heavy atom. The van der Waals surface area contributed by atoms with Gasteiger partial charge in [-0.15, -0.1) is 0 Å². The van der Waals surface area contributed by atoms with Crippen molar-refractivity contribution in [2.45, 2.75) is 32.1 Å². The van der Waals surface area contributed by atoms with Crippen molar-refractivity contribution in [2.75, 3.05) is 6.61 Å². The zero-order valence-electron chi connectivity index (χ0n) is 8.94. The SMILES string of the molecule is [O]CCCCCCc1c(F)cc(F)cc1F. The van der Waals surface area contributed by atoms with Gasteiger partial charge in [0.2, 0.25) is 0 Å². The van der Waals surface area contributed by atoms with Gasteiger partial charge in [0.05, 0.1) is 6.61 Å². The summed E-state index contributed by atoms with van der Waals surface area (Å²) < 4.78 is 38.9. The summed E-state index contributed by atoms with van der Waals surface area (Å²) in [7, 11) is 0. The predicted molar refractivity (Wildman–Crippen MR) is 54.0 cm³/mol. The van der Waals surface area contributed by atoms with Crippen molar-refractivity contribution in [3.8, 4) is 0 Å². The molecule has 0 unspecified atom stereocenters. The van der Waals surface area contributed by atoms with Crippen LogP contribution < -0.4 is 0 Å². The van der Waals surface area contributed by atoms with E-state index >= 15 is 0 Å². The van der Waals surface area contributed by atoms with Gasteiger partial charge in [0.25, 0.3) is 0 Å². The molecule has 0 aromatic heterocycles. The van der Waals surface area contributed by atoms with Crippen LogP contribution in [0.3, 0.4) is 0 Å².